The van der Waals surface area contributed by atoms with Crippen molar-refractivity contribution in [3.63, 3.8) is 0 Å². The summed E-state index contributed by atoms with van der Waals surface area (Å²) in [5.74, 6) is 0. The number of likely N-dealkylation sites (N-methyl/N-ethyl adjacent to an activating group) is 1. The van der Waals surface area contributed by atoms with Crippen molar-refractivity contribution >= 4 is 23.0 Å². The van der Waals surface area contributed by atoms with Crippen molar-refractivity contribution in [1.29, 1.82) is 0 Å². The van der Waals surface area contributed by atoms with Crippen LogP contribution in [0.2, 0.25) is 5.02 Å². The number of hydrogen-bond donors (Lipinski definition) is 2. The third-order valence-electron chi connectivity index (χ3n) is 3.05. The molecule has 0 saturated heterocycles. The van der Waals surface area contributed by atoms with Gasteiger partial charge in [0.1, 0.15) is 0 Å². The monoisotopic (exact) mass is 276 g/mol. The van der Waals surface area contributed by atoms with Gasteiger partial charge in [0.2, 0.25) is 0 Å². The second-order valence-corrected chi connectivity index (χ2v) is 4.92. The van der Waals surface area contributed by atoms with Crippen molar-refractivity contribution in [2.75, 3.05) is 24.2 Å². The number of nitrogens with zero attached hydrogens (tertiary/aromatic N) is 1. The van der Waals surface area contributed by atoms with Gasteiger partial charge in [0, 0.05) is 19.3 Å². The standard InChI is InChI=1S/C15H17ClN2O/c1-18(12-5-3-2-4-6-12)10-15(19)11-7-8-13(16)14(17)9-11/h2-9,15,19H,10,17H2,1H3. The van der Waals surface area contributed by atoms with Gasteiger partial charge in [-0.1, -0.05) is 35.9 Å². The average Bonchev–Trinajstić information content (AvgIpc) is 2.42. The van der Waals surface area contributed by atoms with Gasteiger partial charge in [0.15, 0.2) is 0 Å². The van der Waals surface area contributed by atoms with Crippen LogP contribution in [-0.4, -0.2) is 18.7 Å². The van der Waals surface area contributed by atoms with Gasteiger partial charge in [-0.2, -0.15) is 0 Å². The Morgan fingerprint density at radius 3 is 2.53 bits per heavy atom. The van der Waals surface area contributed by atoms with E-state index in [9.17, 15) is 5.11 Å². The van der Waals surface area contributed by atoms with Crippen molar-refractivity contribution in [2.45, 2.75) is 6.10 Å². The minimum atomic E-state index is -0.607. The largest absolute Gasteiger partial charge is 0.398 e. The number of aliphatic hydroxyl groups is 1. The number of nitrogens with two attached hydrogens (primary N) is 1. The van der Waals surface area contributed by atoms with Crippen molar-refractivity contribution in [3.05, 3.63) is 59.1 Å². The van der Waals surface area contributed by atoms with Crippen LogP contribution in [0.1, 0.15) is 11.7 Å². The number of rotatable bonds is 4. The first-order chi connectivity index (χ1) is 9.08. The molecule has 0 amide bonds. The molecule has 19 heavy (non-hydrogen) atoms. The molecule has 2 aromatic rings. The predicted molar refractivity (Wildman–Crippen MR) is 80.5 cm³/mol. The molecule has 0 aliphatic heterocycles. The first-order valence-electron chi connectivity index (χ1n) is 6.07. The average molecular weight is 277 g/mol. The van der Waals surface area contributed by atoms with Gasteiger partial charge < -0.3 is 15.7 Å². The fraction of sp³-hybridized carbons (Fsp3) is 0.200. The van der Waals surface area contributed by atoms with E-state index in [1.165, 1.54) is 0 Å². The Morgan fingerprint density at radius 2 is 1.89 bits per heavy atom. The summed E-state index contributed by atoms with van der Waals surface area (Å²) in [5, 5.41) is 10.7. The van der Waals surface area contributed by atoms with Crippen LogP contribution in [0.15, 0.2) is 48.5 Å². The lowest BCUT2D eigenvalue weighted by atomic mass is 10.1. The number of anilines is 2. The Morgan fingerprint density at radius 1 is 1.21 bits per heavy atom. The van der Waals surface area contributed by atoms with Crippen LogP contribution in [0.5, 0.6) is 0 Å². The molecule has 4 heteroatoms. The number of nitrogen functional groups attached to an aromatic ring is 1. The summed E-state index contributed by atoms with van der Waals surface area (Å²) in [6, 6.07) is 15.1. The topological polar surface area (TPSA) is 49.5 Å². The third kappa shape index (κ3) is 3.40. The first-order valence-corrected chi connectivity index (χ1v) is 6.45. The molecule has 3 N–H and O–H groups in total. The maximum absolute atomic E-state index is 10.2. The maximum atomic E-state index is 10.2. The van der Waals surface area contributed by atoms with Crippen LogP contribution < -0.4 is 10.6 Å². The Balaban J connectivity index is 2.08. The second-order valence-electron chi connectivity index (χ2n) is 4.51. The van der Waals surface area contributed by atoms with Gasteiger partial charge in [-0.3, -0.25) is 0 Å². The van der Waals surface area contributed by atoms with Crippen molar-refractivity contribution in [1.82, 2.24) is 0 Å². The molecule has 0 aliphatic carbocycles. The SMILES string of the molecule is CN(CC(O)c1ccc(Cl)c(N)c1)c1ccccc1. The summed E-state index contributed by atoms with van der Waals surface area (Å²) in [6.07, 6.45) is -0.607. The quantitative estimate of drug-likeness (QED) is 0.844. The van der Waals surface area contributed by atoms with Gasteiger partial charge in [-0.25, -0.2) is 0 Å². The summed E-state index contributed by atoms with van der Waals surface area (Å²) in [6.45, 7) is 0.491. The zero-order valence-corrected chi connectivity index (χ0v) is 11.5. The molecular formula is C15H17ClN2O. The molecule has 100 valence electrons. The van der Waals surface area contributed by atoms with Crippen molar-refractivity contribution in [3.8, 4) is 0 Å². The molecule has 2 rings (SSSR count). The Kier molecular flexibility index (Phi) is 4.30. The van der Waals surface area contributed by atoms with Gasteiger partial charge in [-0.05, 0) is 29.8 Å². The molecule has 0 aromatic heterocycles. The number of hydrogen-bond acceptors (Lipinski definition) is 3. The van der Waals surface area contributed by atoms with E-state index in [1.807, 2.05) is 42.3 Å². The Labute approximate surface area is 118 Å². The summed E-state index contributed by atoms with van der Waals surface area (Å²) < 4.78 is 0. The van der Waals surface area contributed by atoms with Crippen LogP contribution in [0, 0.1) is 0 Å². The van der Waals surface area contributed by atoms with Crippen molar-refractivity contribution < 1.29 is 5.11 Å². The van der Waals surface area contributed by atoms with E-state index in [0.29, 0.717) is 17.3 Å². The van der Waals surface area contributed by atoms with E-state index in [2.05, 4.69) is 0 Å². The van der Waals surface area contributed by atoms with Gasteiger partial charge >= 0.3 is 0 Å². The number of aliphatic hydroxyl groups excluding tert-OH is 1. The van der Waals surface area contributed by atoms with Crippen LogP contribution in [0.25, 0.3) is 0 Å². The summed E-state index contributed by atoms with van der Waals surface area (Å²) in [7, 11) is 1.94. The molecule has 0 aliphatic rings. The van der Waals surface area contributed by atoms with E-state index in [-0.39, 0.29) is 0 Å². The lowest BCUT2D eigenvalue weighted by Crippen LogP contribution is -2.24. The summed E-state index contributed by atoms with van der Waals surface area (Å²) in [5.41, 5.74) is 8.06. The third-order valence-corrected chi connectivity index (χ3v) is 3.39. The minimum Gasteiger partial charge on any atom is -0.398 e. The molecule has 0 bridgehead atoms. The molecule has 0 spiro atoms. The summed E-state index contributed by atoms with van der Waals surface area (Å²) >= 11 is 5.87. The van der Waals surface area contributed by atoms with E-state index in [1.54, 1.807) is 18.2 Å². The number of para-hydroxylation sites is 1. The number of benzene rings is 2. The van der Waals surface area contributed by atoms with E-state index >= 15 is 0 Å². The fourth-order valence-corrected chi connectivity index (χ4v) is 2.04. The lowest BCUT2D eigenvalue weighted by molar-refractivity contribution is 0.185. The zero-order chi connectivity index (χ0) is 13.8. The van der Waals surface area contributed by atoms with Crippen LogP contribution in [0.3, 0.4) is 0 Å². The fourth-order valence-electron chi connectivity index (χ4n) is 1.92. The highest BCUT2D eigenvalue weighted by molar-refractivity contribution is 6.33. The molecule has 3 nitrogen and oxygen atoms in total. The first kappa shape index (κ1) is 13.7. The Hall–Kier alpha value is -1.71. The van der Waals surface area contributed by atoms with E-state index in [4.69, 9.17) is 17.3 Å². The molecule has 1 atom stereocenters. The number of halogens is 1. The summed E-state index contributed by atoms with van der Waals surface area (Å²) in [4.78, 5) is 2.00. The minimum absolute atomic E-state index is 0.487. The zero-order valence-electron chi connectivity index (χ0n) is 10.8. The molecule has 0 fully saturated rings. The van der Waals surface area contributed by atoms with Gasteiger partial charge in [-0.15, -0.1) is 0 Å². The van der Waals surface area contributed by atoms with Crippen molar-refractivity contribution in [2.24, 2.45) is 0 Å². The van der Waals surface area contributed by atoms with E-state index < -0.39 is 6.10 Å². The Bertz CT molecular complexity index is 545. The highest BCUT2D eigenvalue weighted by atomic mass is 35.5. The van der Waals surface area contributed by atoms with Gasteiger partial charge in [0.05, 0.1) is 16.8 Å². The molecule has 0 heterocycles. The highest BCUT2D eigenvalue weighted by Gasteiger charge is 2.12. The highest BCUT2D eigenvalue weighted by Crippen LogP contribution is 2.24. The van der Waals surface area contributed by atoms with Crippen LogP contribution >= 0.6 is 11.6 Å². The molecule has 0 saturated carbocycles. The predicted octanol–water partition coefficient (Wildman–Crippen LogP) is 3.09. The second kappa shape index (κ2) is 5.95. The molecule has 1 unspecified atom stereocenters. The molecule has 0 radical (unpaired) electrons. The normalized spacial score (nSPS) is 12.2. The molecular weight excluding hydrogens is 260 g/mol. The smallest absolute Gasteiger partial charge is 0.0965 e. The van der Waals surface area contributed by atoms with E-state index in [0.717, 1.165) is 11.3 Å². The molecule has 2 aromatic carbocycles. The van der Waals surface area contributed by atoms with Gasteiger partial charge in [0.25, 0.3) is 0 Å². The lowest BCUT2D eigenvalue weighted by Gasteiger charge is -2.23. The van der Waals surface area contributed by atoms with Crippen LogP contribution in [0.4, 0.5) is 11.4 Å². The maximum Gasteiger partial charge on any atom is 0.0965 e. The van der Waals surface area contributed by atoms with Crippen LogP contribution in [-0.2, 0) is 0 Å².